The molecule has 1 aromatic rings. The van der Waals surface area contributed by atoms with Gasteiger partial charge in [-0.1, -0.05) is 14.4 Å². The van der Waals surface area contributed by atoms with Crippen molar-refractivity contribution in [3.8, 4) is 0 Å². The topological polar surface area (TPSA) is 49.3 Å². The number of anilines is 2. The minimum atomic E-state index is -0.128. The predicted molar refractivity (Wildman–Crippen MR) is 78.6 cm³/mol. The zero-order valence-corrected chi connectivity index (χ0v) is 11.6. The quantitative estimate of drug-likeness (QED) is 0.823. The Morgan fingerprint density at radius 2 is 2.05 bits per heavy atom. The van der Waals surface area contributed by atoms with Crippen molar-refractivity contribution in [2.45, 2.75) is 53.6 Å². The zero-order valence-electron chi connectivity index (χ0n) is 11.6. The normalized spacial score (nSPS) is 18.4. The van der Waals surface area contributed by atoms with Gasteiger partial charge in [-0.25, -0.2) is 9.97 Å². The molecule has 2 heterocycles. The van der Waals surface area contributed by atoms with Crippen molar-refractivity contribution in [1.29, 1.82) is 0 Å². The van der Waals surface area contributed by atoms with Gasteiger partial charge in [0.1, 0.15) is 17.6 Å². The Balaban J connectivity index is 0.00000180. The van der Waals surface area contributed by atoms with E-state index in [1.807, 2.05) is 13.8 Å². The summed E-state index contributed by atoms with van der Waals surface area (Å²) in [6, 6.07) is 0.109. The Morgan fingerprint density at radius 3 is 2.58 bits per heavy atom. The first kappa shape index (κ1) is 15.4. The van der Waals surface area contributed by atoms with Crippen LogP contribution in [-0.4, -0.2) is 35.0 Å². The lowest BCUT2D eigenvalue weighted by Crippen LogP contribution is -2.55. The van der Waals surface area contributed by atoms with E-state index in [0.717, 1.165) is 23.8 Å². The molecule has 0 aromatic carbocycles. The van der Waals surface area contributed by atoms with Crippen molar-refractivity contribution in [3.63, 3.8) is 0 Å². The summed E-state index contributed by atoms with van der Waals surface area (Å²) in [4.78, 5) is 24.8. The third kappa shape index (κ3) is 2.41. The largest absolute Gasteiger partial charge is 0.340 e. The van der Waals surface area contributed by atoms with Gasteiger partial charge in [0.15, 0.2) is 5.82 Å². The lowest BCUT2D eigenvalue weighted by molar-refractivity contribution is -0.120. The molecule has 1 amide bonds. The Hall–Kier alpha value is -1.65. The van der Waals surface area contributed by atoms with Crippen LogP contribution in [0, 0.1) is 6.92 Å². The fraction of sp³-hybridized carbons (Fsp3) is 0.643. The van der Waals surface area contributed by atoms with Crippen molar-refractivity contribution in [2.24, 2.45) is 0 Å². The van der Waals surface area contributed by atoms with Gasteiger partial charge in [0.25, 0.3) is 0 Å². The summed E-state index contributed by atoms with van der Waals surface area (Å²) in [5, 5.41) is 0. The van der Waals surface area contributed by atoms with Gasteiger partial charge in [-0.3, -0.25) is 4.79 Å². The highest BCUT2D eigenvalue weighted by atomic mass is 16.2. The number of amides is 1. The summed E-state index contributed by atoms with van der Waals surface area (Å²) in [7, 11) is 1.79. The first-order valence-electron chi connectivity index (χ1n) is 6.36. The van der Waals surface area contributed by atoms with Crippen LogP contribution < -0.4 is 9.80 Å². The lowest BCUT2D eigenvalue weighted by Gasteiger charge is -2.42. The molecule has 0 spiro atoms. The third-order valence-corrected chi connectivity index (χ3v) is 3.37. The number of aromatic nitrogens is 2. The van der Waals surface area contributed by atoms with Crippen molar-refractivity contribution >= 4 is 17.4 Å². The molecule has 1 aliphatic rings. The number of carbonyl (C=O) groups is 1. The molecule has 0 unspecified atom stereocenters. The molecule has 0 aliphatic carbocycles. The molecular formula is C14H24N4O. The van der Waals surface area contributed by atoms with E-state index in [1.165, 1.54) is 0 Å². The van der Waals surface area contributed by atoms with Gasteiger partial charge in [0.05, 0.1) is 6.20 Å². The molecule has 0 saturated heterocycles. The molecule has 1 aliphatic heterocycles. The van der Waals surface area contributed by atoms with Crippen LogP contribution in [-0.2, 0) is 4.79 Å². The molecule has 0 bridgehead atoms. The summed E-state index contributed by atoms with van der Waals surface area (Å²) < 4.78 is 0. The van der Waals surface area contributed by atoms with Gasteiger partial charge in [0, 0.05) is 13.1 Å². The molecule has 0 fully saturated rings. The number of hydrogen-bond donors (Lipinski definition) is 0. The van der Waals surface area contributed by atoms with Crippen LogP contribution >= 0.6 is 0 Å². The first-order chi connectivity index (χ1) is 8.47. The molecule has 2 rings (SSSR count). The second-order valence-corrected chi connectivity index (χ2v) is 4.95. The molecular weight excluding hydrogens is 240 g/mol. The fourth-order valence-electron chi connectivity index (χ4n) is 2.46. The number of likely N-dealkylation sites (N-methyl/N-ethyl adjacent to an activating group) is 1. The molecule has 1 aromatic heterocycles. The zero-order chi connectivity index (χ0) is 13.4. The van der Waals surface area contributed by atoms with Crippen molar-refractivity contribution in [2.75, 3.05) is 16.8 Å². The van der Waals surface area contributed by atoms with Crippen molar-refractivity contribution < 1.29 is 4.79 Å². The molecule has 1 atom stereocenters. The van der Waals surface area contributed by atoms with E-state index in [-0.39, 0.29) is 25.4 Å². The highest BCUT2D eigenvalue weighted by molar-refractivity contribution is 6.04. The van der Waals surface area contributed by atoms with Crippen LogP contribution in [0.2, 0.25) is 0 Å². The highest BCUT2D eigenvalue weighted by Crippen LogP contribution is 2.35. The number of fused-ring (bicyclic) bond motifs is 1. The van der Waals surface area contributed by atoms with E-state index in [9.17, 15) is 4.79 Å². The van der Waals surface area contributed by atoms with Gasteiger partial charge in [-0.05, 0) is 27.2 Å². The van der Waals surface area contributed by atoms with Crippen LogP contribution in [0.1, 0.15) is 40.4 Å². The molecule has 0 N–H and O–H groups in total. The maximum atomic E-state index is 12.3. The van der Waals surface area contributed by atoms with Crippen LogP contribution in [0.15, 0.2) is 6.20 Å². The minimum Gasteiger partial charge on any atom is -0.340 e. The molecule has 0 radical (unpaired) electrons. The number of aryl methyl sites for hydroxylation is 1. The highest BCUT2D eigenvalue weighted by Gasteiger charge is 2.37. The first-order valence-corrected chi connectivity index (χ1v) is 6.36. The molecule has 5 nitrogen and oxygen atoms in total. The standard InChI is InChI=1S/C13H20N4O.CH4/c1-6-10-13(18)16(5)11-7-14-9(4)15-12(11)17(10)8(2)3;/h7-8,10H,6H2,1-5H3;1H4/t10-;/m1./s1. The van der Waals surface area contributed by atoms with Gasteiger partial charge in [-0.15, -0.1) is 0 Å². The summed E-state index contributed by atoms with van der Waals surface area (Å²) >= 11 is 0. The van der Waals surface area contributed by atoms with Gasteiger partial charge >= 0.3 is 0 Å². The summed E-state index contributed by atoms with van der Waals surface area (Å²) in [6.07, 6.45) is 2.51. The Kier molecular flexibility index (Phi) is 4.50. The van der Waals surface area contributed by atoms with Crippen molar-refractivity contribution in [3.05, 3.63) is 12.0 Å². The van der Waals surface area contributed by atoms with E-state index in [0.29, 0.717) is 0 Å². The van der Waals surface area contributed by atoms with Crippen LogP contribution in [0.3, 0.4) is 0 Å². The molecule has 5 heteroatoms. The second kappa shape index (κ2) is 5.55. The number of hydrogen-bond acceptors (Lipinski definition) is 4. The molecule has 0 saturated carbocycles. The van der Waals surface area contributed by atoms with E-state index in [1.54, 1.807) is 18.1 Å². The third-order valence-electron chi connectivity index (χ3n) is 3.37. The van der Waals surface area contributed by atoms with Crippen LogP contribution in [0.25, 0.3) is 0 Å². The Labute approximate surface area is 115 Å². The molecule has 19 heavy (non-hydrogen) atoms. The smallest absolute Gasteiger partial charge is 0.249 e. The van der Waals surface area contributed by atoms with Crippen molar-refractivity contribution in [1.82, 2.24) is 9.97 Å². The number of nitrogens with zero attached hydrogens (tertiary/aromatic N) is 4. The number of rotatable bonds is 2. The SMILES string of the molecule is C.CC[C@@H]1C(=O)N(C)c2cnc(C)nc2N1C(C)C. The predicted octanol–water partition coefficient (Wildman–Crippen LogP) is 2.39. The van der Waals surface area contributed by atoms with E-state index < -0.39 is 0 Å². The van der Waals surface area contributed by atoms with E-state index in [2.05, 4.69) is 28.7 Å². The summed E-state index contributed by atoms with van der Waals surface area (Å²) in [5.41, 5.74) is 0.795. The maximum Gasteiger partial charge on any atom is 0.249 e. The maximum absolute atomic E-state index is 12.3. The second-order valence-electron chi connectivity index (χ2n) is 4.95. The van der Waals surface area contributed by atoms with Crippen LogP contribution in [0.5, 0.6) is 0 Å². The molecule has 106 valence electrons. The van der Waals surface area contributed by atoms with Crippen LogP contribution in [0.4, 0.5) is 11.5 Å². The van der Waals surface area contributed by atoms with E-state index >= 15 is 0 Å². The van der Waals surface area contributed by atoms with Gasteiger partial charge in [0.2, 0.25) is 5.91 Å². The summed E-state index contributed by atoms with van der Waals surface area (Å²) in [5.74, 6) is 1.72. The van der Waals surface area contributed by atoms with Gasteiger partial charge in [-0.2, -0.15) is 0 Å². The minimum absolute atomic E-state index is 0. The average molecular weight is 264 g/mol. The number of carbonyl (C=O) groups excluding carboxylic acids is 1. The Morgan fingerprint density at radius 1 is 1.42 bits per heavy atom. The summed E-state index contributed by atoms with van der Waals surface area (Å²) in [6.45, 7) is 8.08. The fourth-order valence-corrected chi connectivity index (χ4v) is 2.46. The Bertz CT molecular complexity index is 473. The average Bonchev–Trinajstić information content (AvgIpc) is 2.32. The lowest BCUT2D eigenvalue weighted by atomic mass is 10.1. The van der Waals surface area contributed by atoms with Gasteiger partial charge < -0.3 is 9.80 Å². The monoisotopic (exact) mass is 264 g/mol. The van der Waals surface area contributed by atoms with E-state index in [4.69, 9.17) is 0 Å².